The van der Waals surface area contributed by atoms with Gasteiger partial charge in [-0.2, -0.15) is 0 Å². The molecule has 3 rings (SSSR count). The van der Waals surface area contributed by atoms with Crippen LogP contribution in [0.1, 0.15) is 120 Å². The molecule has 0 spiro atoms. The molecule has 1 aromatic rings. The van der Waals surface area contributed by atoms with E-state index in [1.165, 1.54) is 17.1 Å². The summed E-state index contributed by atoms with van der Waals surface area (Å²) in [5, 5.41) is 20.4. The van der Waals surface area contributed by atoms with Gasteiger partial charge in [0.2, 0.25) is 29.5 Å². The van der Waals surface area contributed by atoms with Crippen LogP contribution in [0.15, 0.2) is 24.3 Å². The fourth-order valence-electron chi connectivity index (χ4n) is 7.41. The first kappa shape index (κ1) is 48.7. The van der Waals surface area contributed by atoms with Crippen molar-refractivity contribution in [2.45, 2.75) is 129 Å². The molecular weight excluding hydrogens is 807 g/mol. The van der Waals surface area contributed by atoms with Crippen LogP contribution in [0, 0.1) is 17.8 Å². The van der Waals surface area contributed by atoms with Crippen LogP contribution in [0.25, 0.3) is 0 Å². The number of benzene rings is 1. The van der Waals surface area contributed by atoms with Crippen molar-refractivity contribution in [1.29, 1.82) is 0 Å². The third-order valence-electron chi connectivity index (χ3n) is 10.5. The normalized spacial score (nSPS) is 17.8. The van der Waals surface area contributed by atoms with E-state index in [1.54, 1.807) is 20.8 Å². The van der Waals surface area contributed by atoms with Gasteiger partial charge in [-0.25, -0.2) is 9.59 Å². The Morgan fingerprint density at radius 3 is 2.07 bits per heavy atom. The number of rotatable bonds is 20. The number of halogens is 2. The second kappa shape index (κ2) is 23.2. The molecule has 2 fully saturated rings. The average molecular weight is 866 g/mol. The predicted octanol–water partition coefficient (Wildman–Crippen LogP) is 3.90. The maximum Gasteiger partial charge on any atom is 0.336 e. The van der Waals surface area contributed by atoms with Crippen LogP contribution < -0.4 is 27.0 Å². The summed E-state index contributed by atoms with van der Waals surface area (Å²) in [4.78, 5) is 107. The van der Waals surface area contributed by atoms with E-state index in [2.05, 4.69) is 21.3 Å². The number of carbonyl (C=O) groups is 8. The van der Waals surface area contributed by atoms with E-state index in [1.807, 2.05) is 13.8 Å². The van der Waals surface area contributed by atoms with Gasteiger partial charge in [0.05, 0.1) is 27.8 Å². The number of likely N-dealkylation sites (tertiary alicyclic amines) is 1. The number of carboxylic acids is 1. The SMILES string of the molecule is CCOC(=O)/C=C/CC[C@H](NC(=O)c1cc(Cl)c(Cl)cc1C(=O)O)C(=O)NC(C(=O)N1CCC[C@H]1C(=O)N[C@@H](CC(C)C)C(=O)N[C@H](C(N)=O)C1CCCCC1)C(C)C. The van der Waals surface area contributed by atoms with Gasteiger partial charge < -0.3 is 41.7 Å². The Balaban J connectivity index is 1.83. The minimum atomic E-state index is -1.47. The molecular formula is C41H58Cl2N6O10. The number of carboxylic acid groups (broad SMARTS) is 1. The van der Waals surface area contributed by atoms with Crippen LogP contribution in [0.3, 0.4) is 0 Å². The van der Waals surface area contributed by atoms with Gasteiger partial charge in [0.25, 0.3) is 5.91 Å². The molecule has 5 atom stereocenters. The molecule has 1 saturated carbocycles. The fourth-order valence-corrected chi connectivity index (χ4v) is 7.74. The maximum atomic E-state index is 14.2. The van der Waals surface area contributed by atoms with Crippen LogP contribution in [0.2, 0.25) is 10.0 Å². The Morgan fingerprint density at radius 2 is 1.49 bits per heavy atom. The van der Waals surface area contributed by atoms with Gasteiger partial charge in [-0.3, -0.25) is 28.8 Å². The molecule has 7 N–H and O–H groups in total. The Hall–Kier alpha value is -4.70. The first-order valence-electron chi connectivity index (χ1n) is 20.2. The summed E-state index contributed by atoms with van der Waals surface area (Å²) in [7, 11) is 0. The molecule has 1 aliphatic carbocycles. The zero-order valence-electron chi connectivity index (χ0n) is 34.3. The summed E-state index contributed by atoms with van der Waals surface area (Å²) in [6.45, 7) is 9.16. The highest BCUT2D eigenvalue weighted by Crippen LogP contribution is 2.28. The van der Waals surface area contributed by atoms with Gasteiger partial charge in [-0.15, -0.1) is 0 Å². The van der Waals surface area contributed by atoms with E-state index in [4.69, 9.17) is 33.7 Å². The monoisotopic (exact) mass is 864 g/mol. The first-order chi connectivity index (χ1) is 27.9. The smallest absolute Gasteiger partial charge is 0.336 e. The summed E-state index contributed by atoms with van der Waals surface area (Å²) >= 11 is 12.1. The molecule has 2 aliphatic rings. The van der Waals surface area contributed by atoms with E-state index in [0.717, 1.165) is 44.2 Å². The summed E-state index contributed by atoms with van der Waals surface area (Å²) < 4.78 is 4.89. The Kier molecular flexibility index (Phi) is 19.1. The second-order valence-electron chi connectivity index (χ2n) is 15.8. The molecule has 0 radical (unpaired) electrons. The lowest BCUT2D eigenvalue weighted by atomic mass is 9.83. The minimum absolute atomic E-state index is 0.0175. The summed E-state index contributed by atoms with van der Waals surface area (Å²) in [6.07, 6.45) is 8.05. The number of amides is 6. The minimum Gasteiger partial charge on any atom is -0.478 e. The largest absolute Gasteiger partial charge is 0.478 e. The molecule has 0 aromatic heterocycles. The molecule has 16 nitrogen and oxygen atoms in total. The molecule has 1 aliphatic heterocycles. The molecule has 1 heterocycles. The number of hydrogen-bond acceptors (Lipinski definition) is 9. The van der Waals surface area contributed by atoms with Crippen molar-refractivity contribution in [3.8, 4) is 0 Å². The van der Waals surface area contributed by atoms with Crippen LogP contribution in [-0.2, 0) is 33.5 Å². The topological polar surface area (TPSA) is 243 Å². The lowest BCUT2D eigenvalue weighted by Crippen LogP contribution is -2.60. The van der Waals surface area contributed by atoms with Crippen LogP contribution in [0.5, 0.6) is 0 Å². The Bertz CT molecular complexity index is 1750. The molecule has 1 aromatic carbocycles. The summed E-state index contributed by atoms with van der Waals surface area (Å²) in [6, 6.07) is -3.29. The van der Waals surface area contributed by atoms with Crippen molar-refractivity contribution < 1.29 is 48.2 Å². The van der Waals surface area contributed by atoms with Gasteiger partial charge in [-0.05, 0) is 81.8 Å². The lowest BCUT2D eigenvalue weighted by Gasteiger charge is -2.33. The van der Waals surface area contributed by atoms with Gasteiger partial charge in [0.15, 0.2) is 0 Å². The number of nitrogens with two attached hydrogens (primary N) is 1. The Morgan fingerprint density at radius 1 is 0.864 bits per heavy atom. The summed E-state index contributed by atoms with van der Waals surface area (Å²) in [5.74, 6) is -6.74. The number of esters is 1. The van der Waals surface area contributed by atoms with Crippen molar-refractivity contribution >= 4 is 70.6 Å². The third kappa shape index (κ3) is 14.2. The zero-order valence-corrected chi connectivity index (χ0v) is 35.8. The van der Waals surface area contributed by atoms with Crippen LogP contribution >= 0.6 is 23.2 Å². The Labute approximate surface area is 355 Å². The van der Waals surface area contributed by atoms with Gasteiger partial charge in [0.1, 0.15) is 30.2 Å². The average Bonchev–Trinajstić information content (AvgIpc) is 3.67. The highest BCUT2D eigenvalue weighted by molar-refractivity contribution is 6.42. The standard InChI is InChI=1S/C41H58Cl2N6O10/c1-6-59-32(50)17-11-10-15-29(45-36(52)25-20-27(42)28(43)21-26(25)41(57)58)37(53)47-33(23(4)5)40(56)49-18-12-16-31(49)39(55)46-30(19-22(2)3)38(54)48-34(35(44)51)24-13-8-7-9-14-24/h11,17,20-24,29-31,33-34H,6-10,12-16,18-19H2,1-5H3,(H2,44,51)(H,45,52)(H,46,55)(H,47,53)(H,48,54)(H,57,58)/b17-11+/t29-,30-,31-,33?,34-/m0/s1. The van der Waals surface area contributed by atoms with Gasteiger partial charge >= 0.3 is 11.9 Å². The second-order valence-corrected chi connectivity index (χ2v) is 16.6. The van der Waals surface area contributed by atoms with Crippen molar-refractivity contribution in [3.05, 3.63) is 45.5 Å². The first-order valence-corrected chi connectivity index (χ1v) is 21.0. The number of primary amides is 1. The number of nitrogens with zero attached hydrogens (tertiary/aromatic N) is 1. The number of hydrogen-bond donors (Lipinski definition) is 6. The number of nitrogens with one attached hydrogen (secondary N) is 4. The van der Waals surface area contributed by atoms with E-state index in [-0.39, 0.29) is 59.9 Å². The molecule has 1 saturated heterocycles. The molecule has 6 amide bonds. The number of ether oxygens (including phenoxy) is 1. The zero-order chi connectivity index (χ0) is 44.0. The third-order valence-corrected chi connectivity index (χ3v) is 11.2. The predicted molar refractivity (Wildman–Crippen MR) is 220 cm³/mol. The summed E-state index contributed by atoms with van der Waals surface area (Å²) in [5.41, 5.74) is 4.89. The molecule has 59 heavy (non-hydrogen) atoms. The van der Waals surface area contributed by atoms with E-state index in [9.17, 15) is 43.5 Å². The van der Waals surface area contributed by atoms with Crippen LogP contribution in [0.4, 0.5) is 0 Å². The molecule has 1 unspecified atom stereocenters. The molecule has 326 valence electrons. The van der Waals surface area contributed by atoms with Crippen molar-refractivity contribution in [2.75, 3.05) is 13.2 Å². The molecule has 18 heteroatoms. The van der Waals surface area contributed by atoms with Crippen molar-refractivity contribution in [3.63, 3.8) is 0 Å². The van der Waals surface area contributed by atoms with Gasteiger partial charge in [-0.1, -0.05) is 76.2 Å². The van der Waals surface area contributed by atoms with E-state index >= 15 is 0 Å². The quantitative estimate of drug-likeness (QED) is 0.0816. The highest BCUT2D eigenvalue weighted by Gasteiger charge is 2.41. The maximum absolute atomic E-state index is 14.2. The number of allylic oxidation sites excluding steroid dienone is 1. The number of carbonyl (C=O) groups excluding carboxylic acids is 7. The van der Waals surface area contributed by atoms with Crippen LogP contribution in [-0.4, -0.2) is 101 Å². The lowest BCUT2D eigenvalue weighted by molar-refractivity contribution is -0.143. The van der Waals surface area contributed by atoms with Crippen molar-refractivity contribution in [1.82, 2.24) is 26.2 Å². The van der Waals surface area contributed by atoms with E-state index < -0.39 is 89.1 Å². The molecule has 0 bridgehead atoms. The van der Waals surface area contributed by atoms with Crippen molar-refractivity contribution in [2.24, 2.45) is 23.5 Å². The van der Waals surface area contributed by atoms with E-state index in [0.29, 0.717) is 12.8 Å². The van der Waals surface area contributed by atoms with Gasteiger partial charge in [0, 0.05) is 12.6 Å². The number of aromatic carboxylic acids is 1. The highest BCUT2D eigenvalue weighted by atomic mass is 35.5. The fraction of sp³-hybridized carbons (Fsp3) is 0.610.